The molecular formula is C23H45N3O4. The van der Waals surface area contributed by atoms with Gasteiger partial charge in [0.05, 0.1) is 0 Å². The van der Waals surface area contributed by atoms with Crippen LogP contribution in [0.3, 0.4) is 0 Å². The summed E-state index contributed by atoms with van der Waals surface area (Å²) in [5.74, 6) is -1.11. The van der Waals surface area contributed by atoms with Gasteiger partial charge in [0.15, 0.2) is 0 Å². The first-order valence-corrected chi connectivity index (χ1v) is 11.9. The fraction of sp³-hybridized carbons (Fsp3) is 0.870. The second-order valence-electron chi connectivity index (χ2n) is 8.47. The van der Waals surface area contributed by atoms with Gasteiger partial charge < -0.3 is 21.5 Å². The van der Waals surface area contributed by atoms with Gasteiger partial charge in [-0.3, -0.25) is 14.4 Å². The molecule has 0 bridgehead atoms. The Morgan fingerprint density at radius 2 is 1.23 bits per heavy atom. The van der Waals surface area contributed by atoms with E-state index < -0.39 is 12.0 Å². The van der Waals surface area contributed by atoms with Gasteiger partial charge in [0, 0.05) is 18.9 Å². The minimum atomic E-state index is -0.691. The van der Waals surface area contributed by atoms with Crippen molar-refractivity contribution in [3.63, 3.8) is 0 Å². The number of rotatable bonds is 20. The zero-order chi connectivity index (χ0) is 22.6. The molecule has 7 heteroatoms. The molecule has 0 aliphatic rings. The molecule has 2 amide bonds. The molecule has 0 aromatic heterocycles. The van der Waals surface area contributed by atoms with Crippen molar-refractivity contribution in [1.29, 1.82) is 0 Å². The van der Waals surface area contributed by atoms with Crippen molar-refractivity contribution in [2.75, 3.05) is 13.1 Å². The average Bonchev–Trinajstić information content (AvgIpc) is 2.69. The molecule has 0 unspecified atom stereocenters. The molecule has 0 aromatic rings. The van der Waals surface area contributed by atoms with E-state index in [1.165, 1.54) is 44.9 Å². The number of carboxylic acid groups (broad SMARTS) is 1. The number of nitrogens with one attached hydrogen (secondary N) is 2. The Morgan fingerprint density at radius 1 is 0.767 bits per heavy atom. The molecule has 0 heterocycles. The first kappa shape index (κ1) is 28.4. The number of hydrogen-bond acceptors (Lipinski definition) is 4. The van der Waals surface area contributed by atoms with Crippen LogP contribution in [-0.4, -0.2) is 42.0 Å². The van der Waals surface area contributed by atoms with Crippen LogP contribution in [-0.2, 0) is 14.4 Å². The predicted molar refractivity (Wildman–Crippen MR) is 121 cm³/mol. The third-order valence-corrected chi connectivity index (χ3v) is 5.23. The maximum atomic E-state index is 12.2. The van der Waals surface area contributed by atoms with Crippen LogP contribution < -0.4 is 16.4 Å². The van der Waals surface area contributed by atoms with Crippen molar-refractivity contribution in [1.82, 2.24) is 10.6 Å². The van der Waals surface area contributed by atoms with Gasteiger partial charge >= 0.3 is 5.97 Å². The van der Waals surface area contributed by atoms with Crippen LogP contribution in [0.1, 0.15) is 104 Å². The maximum absolute atomic E-state index is 12.2. The molecule has 5 N–H and O–H groups in total. The zero-order valence-electron chi connectivity index (χ0n) is 19.2. The lowest BCUT2D eigenvalue weighted by molar-refractivity contribution is -0.137. The molecule has 0 aliphatic carbocycles. The lowest BCUT2D eigenvalue weighted by Crippen LogP contribution is -2.49. The van der Waals surface area contributed by atoms with Crippen LogP contribution in [0, 0.1) is 5.92 Å². The van der Waals surface area contributed by atoms with Crippen LogP contribution in [0.4, 0.5) is 0 Å². The molecule has 7 nitrogen and oxygen atoms in total. The van der Waals surface area contributed by atoms with Crippen LogP contribution in [0.25, 0.3) is 0 Å². The minimum Gasteiger partial charge on any atom is -0.481 e. The van der Waals surface area contributed by atoms with E-state index in [4.69, 9.17) is 10.8 Å². The van der Waals surface area contributed by atoms with E-state index in [1.54, 1.807) is 13.8 Å². The quantitative estimate of drug-likeness (QED) is 0.220. The summed E-state index contributed by atoms with van der Waals surface area (Å²) in [6, 6.07) is -0.540. The molecule has 0 fully saturated rings. The Kier molecular flexibility index (Phi) is 18.3. The standard InChI is InChI=1S/C23H45N3O4/c1-19(2)22(29)26-20(16-17-24)23(30)25-18-14-12-10-8-6-4-3-5-7-9-11-13-15-21(27)28/h19-20H,3-18,24H2,1-2H3,(H,25,30)(H,26,29)(H,27,28)/t20-/m0/s1. The predicted octanol–water partition coefficient (Wildman–Crippen LogP) is 3.75. The van der Waals surface area contributed by atoms with Crippen LogP contribution in [0.15, 0.2) is 0 Å². The van der Waals surface area contributed by atoms with Crippen LogP contribution in [0.5, 0.6) is 0 Å². The molecule has 0 saturated carbocycles. The normalized spacial score (nSPS) is 12.0. The lowest BCUT2D eigenvalue weighted by Gasteiger charge is -2.19. The van der Waals surface area contributed by atoms with Gasteiger partial charge in [-0.2, -0.15) is 0 Å². The highest BCUT2D eigenvalue weighted by Gasteiger charge is 2.20. The largest absolute Gasteiger partial charge is 0.481 e. The molecule has 1 atom stereocenters. The molecule has 0 aromatic carbocycles. The van der Waals surface area contributed by atoms with E-state index in [-0.39, 0.29) is 17.7 Å². The number of carbonyl (C=O) groups is 3. The summed E-state index contributed by atoms with van der Waals surface area (Å²) >= 11 is 0. The number of aliphatic carboxylic acids is 1. The van der Waals surface area contributed by atoms with Gasteiger partial charge in [-0.15, -0.1) is 0 Å². The number of hydrogen-bond donors (Lipinski definition) is 4. The van der Waals surface area contributed by atoms with Crippen molar-refractivity contribution < 1.29 is 19.5 Å². The van der Waals surface area contributed by atoms with Crippen molar-refractivity contribution in [2.24, 2.45) is 11.7 Å². The Hall–Kier alpha value is -1.63. The average molecular weight is 428 g/mol. The van der Waals surface area contributed by atoms with E-state index in [2.05, 4.69) is 10.6 Å². The van der Waals surface area contributed by atoms with Crippen molar-refractivity contribution in [2.45, 2.75) is 110 Å². The summed E-state index contributed by atoms with van der Waals surface area (Å²) in [6.07, 6.45) is 14.4. The molecule has 0 rings (SSSR count). The van der Waals surface area contributed by atoms with E-state index in [1.807, 2.05) is 0 Å². The minimum absolute atomic E-state index is 0.123. The highest BCUT2D eigenvalue weighted by molar-refractivity contribution is 5.88. The highest BCUT2D eigenvalue weighted by atomic mass is 16.4. The van der Waals surface area contributed by atoms with Crippen molar-refractivity contribution in [3.05, 3.63) is 0 Å². The smallest absolute Gasteiger partial charge is 0.303 e. The molecule has 0 saturated heterocycles. The van der Waals surface area contributed by atoms with E-state index >= 15 is 0 Å². The van der Waals surface area contributed by atoms with Crippen LogP contribution in [0.2, 0.25) is 0 Å². The number of amides is 2. The Balaban J connectivity index is 3.54. The van der Waals surface area contributed by atoms with Crippen molar-refractivity contribution in [3.8, 4) is 0 Å². The maximum Gasteiger partial charge on any atom is 0.303 e. The third-order valence-electron chi connectivity index (χ3n) is 5.23. The van der Waals surface area contributed by atoms with E-state index in [9.17, 15) is 14.4 Å². The first-order valence-electron chi connectivity index (χ1n) is 11.9. The molecule has 30 heavy (non-hydrogen) atoms. The number of unbranched alkanes of at least 4 members (excludes halogenated alkanes) is 11. The van der Waals surface area contributed by atoms with Gasteiger partial charge in [-0.1, -0.05) is 78.1 Å². The van der Waals surface area contributed by atoms with E-state index in [0.29, 0.717) is 25.9 Å². The van der Waals surface area contributed by atoms with Gasteiger partial charge in [-0.05, 0) is 25.8 Å². The summed E-state index contributed by atoms with van der Waals surface area (Å²) < 4.78 is 0. The third kappa shape index (κ3) is 17.2. The second kappa shape index (κ2) is 19.3. The number of carbonyl (C=O) groups excluding carboxylic acids is 2. The summed E-state index contributed by atoms with van der Waals surface area (Å²) in [7, 11) is 0. The first-order chi connectivity index (χ1) is 14.4. The Labute approximate surface area is 182 Å². The van der Waals surface area contributed by atoms with Gasteiger partial charge in [0.25, 0.3) is 0 Å². The fourth-order valence-corrected chi connectivity index (χ4v) is 3.28. The molecule has 0 aliphatic heterocycles. The SMILES string of the molecule is CC(C)C(=O)N[C@@H](CCN)C(=O)NCCCCCCCCCCCCCCC(=O)O. The van der Waals surface area contributed by atoms with Crippen LogP contribution >= 0.6 is 0 Å². The molecule has 176 valence electrons. The van der Waals surface area contributed by atoms with Gasteiger partial charge in [0.1, 0.15) is 6.04 Å². The monoisotopic (exact) mass is 427 g/mol. The molecule has 0 spiro atoms. The van der Waals surface area contributed by atoms with Gasteiger partial charge in [-0.25, -0.2) is 0 Å². The lowest BCUT2D eigenvalue weighted by atomic mass is 10.0. The zero-order valence-corrected chi connectivity index (χ0v) is 19.2. The molecular weight excluding hydrogens is 382 g/mol. The Bertz CT molecular complexity index is 469. The summed E-state index contributed by atoms with van der Waals surface area (Å²) in [5, 5.41) is 14.3. The fourth-order valence-electron chi connectivity index (χ4n) is 3.28. The second-order valence-corrected chi connectivity index (χ2v) is 8.47. The van der Waals surface area contributed by atoms with Crippen molar-refractivity contribution >= 4 is 17.8 Å². The summed E-state index contributed by atoms with van der Waals surface area (Å²) in [6.45, 7) is 4.61. The van der Waals surface area contributed by atoms with Gasteiger partial charge in [0.2, 0.25) is 11.8 Å². The number of carboxylic acids is 1. The summed E-state index contributed by atoms with van der Waals surface area (Å²) in [4.78, 5) is 34.5. The molecule has 0 radical (unpaired) electrons. The number of nitrogens with two attached hydrogens (primary N) is 1. The highest BCUT2D eigenvalue weighted by Crippen LogP contribution is 2.12. The Morgan fingerprint density at radius 3 is 1.67 bits per heavy atom. The topological polar surface area (TPSA) is 122 Å². The summed E-state index contributed by atoms with van der Waals surface area (Å²) in [5.41, 5.74) is 5.56. The van der Waals surface area contributed by atoms with E-state index in [0.717, 1.165) is 32.1 Å².